The van der Waals surface area contributed by atoms with Gasteiger partial charge in [0.25, 0.3) is 0 Å². The summed E-state index contributed by atoms with van der Waals surface area (Å²) in [6.07, 6.45) is -1.98. The molecule has 0 spiro atoms. The van der Waals surface area contributed by atoms with Crippen LogP contribution in [-0.4, -0.2) is 18.5 Å². The fourth-order valence-electron chi connectivity index (χ4n) is 2.52. The van der Waals surface area contributed by atoms with Crippen LogP contribution in [0.1, 0.15) is 43.4 Å². The van der Waals surface area contributed by atoms with Crippen LogP contribution in [0.4, 0.5) is 13.2 Å². The zero-order valence-corrected chi connectivity index (χ0v) is 11.8. The molecule has 0 bridgehead atoms. The lowest BCUT2D eigenvalue weighted by atomic mass is 10.0. The minimum absolute atomic E-state index is 0.140. The van der Waals surface area contributed by atoms with E-state index in [1.807, 2.05) is 0 Å². The number of amides is 1. The van der Waals surface area contributed by atoms with Gasteiger partial charge in [-0.2, -0.15) is 13.2 Å². The molecule has 2 rings (SSSR count). The topological polar surface area (TPSA) is 41.1 Å². The molecule has 1 aromatic carbocycles. The van der Waals surface area contributed by atoms with Crippen LogP contribution in [0.5, 0.6) is 0 Å². The summed E-state index contributed by atoms with van der Waals surface area (Å²) in [7, 11) is 0. The summed E-state index contributed by atoms with van der Waals surface area (Å²) in [4.78, 5) is 11.9. The second-order valence-corrected chi connectivity index (χ2v) is 5.41. The monoisotopic (exact) mass is 300 g/mol. The van der Waals surface area contributed by atoms with Crippen molar-refractivity contribution in [3.63, 3.8) is 0 Å². The van der Waals surface area contributed by atoms with Crippen molar-refractivity contribution in [2.45, 2.75) is 44.4 Å². The lowest BCUT2D eigenvalue weighted by Gasteiger charge is -2.17. The number of carbonyl (C=O) groups is 1. The number of hydrogen-bond donors (Lipinski definition) is 2. The maximum Gasteiger partial charge on any atom is 0.416 e. The Morgan fingerprint density at radius 2 is 2.24 bits per heavy atom. The molecule has 0 saturated carbocycles. The molecule has 0 aliphatic carbocycles. The van der Waals surface area contributed by atoms with Gasteiger partial charge in [0.05, 0.1) is 11.6 Å². The quantitative estimate of drug-likeness (QED) is 0.897. The molecule has 0 radical (unpaired) electrons. The van der Waals surface area contributed by atoms with Gasteiger partial charge < -0.3 is 10.6 Å². The van der Waals surface area contributed by atoms with Crippen LogP contribution in [0, 0.1) is 0 Å². The number of hydrogen-bond acceptors (Lipinski definition) is 2. The van der Waals surface area contributed by atoms with Gasteiger partial charge in [0.1, 0.15) is 0 Å². The van der Waals surface area contributed by atoms with Crippen LogP contribution in [0.2, 0.25) is 0 Å². The van der Waals surface area contributed by atoms with Crippen molar-refractivity contribution in [1.29, 1.82) is 0 Å². The van der Waals surface area contributed by atoms with E-state index < -0.39 is 17.8 Å². The molecule has 21 heavy (non-hydrogen) atoms. The van der Waals surface area contributed by atoms with Crippen LogP contribution in [0.3, 0.4) is 0 Å². The van der Waals surface area contributed by atoms with Crippen LogP contribution < -0.4 is 10.6 Å². The second-order valence-electron chi connectivity index (χ2n) is 5.41. The fourth-order valence-corrected chi connectivity index (χ4v) is 2.52. The SMILES string of the molecule is CC(NC(=O)CC1CCCN1)c1cccc(C(F)(F)F)c1. The van der Waals surface area contributed by atoms with Crippen LogP contribution in [0.15, 0.2) is 24.3 Å². The Labute approximate surface area is 121 Å². The van der Waals surface area contributed by atoms with E-state index in [2.05, 4.69) is 10.6 Å². The van der Waals surface area contributed by atoms with Gasteiger partial charge in [-0.15, -0.1) is 0 Å². The molecule has 1 amide bonds. The molecule has 2 unspecified atom stereocenters. The normalized spacial score (nSPS) is 20.3. The first-order chi connectivity index (χ1) is 9.86. The number of carbonyl (C=O) groups excluding carboxylic acids is 1. The molecule has 1 saturated heterocycles. The Hall–Kier alpha value is -1.56. The maximum atomic E-state index is 12.7. The van der Waals surface area contributed by atoms with Gasteiger partial charge in [0.15, 0.2) is 0 Å². The highest BCUT2D eigenvalue weighted by Gasteiger charge is 2.30. The highest BCUT2D eigenvalue weighted by atomic mass is 19.4. The predicted molar refractivity (Wildman–Crippen MR) is 73.6 cm³/mol. The Balaban J connectivity index is 1.96. The third-order valence-electron chi connectivity index (χ3n) is 3.69. The smallest absolute Gasteiger partial charge is 0.350 e. The van der Waals surface area contributed by atoms with Gasteiger partial charge >= 0.3 is 6.18 Å². The van der Waals surface area contributed by atoms with Crippen LogP contribution >= 0.6 is 0 Å². The Morgan fingerprint density at radius 1 is 1.48 bits per heavy atom. The van der Waals surface area contributed by atoms with E-state index in [1.54, 1.807) is 13.0 Å². The largest absolute Gasteiger partial charge is 0.416 e. The summed E-state index contributed by atoms with van der Waals surface area (Å²) in [6.45, 7) is 2.61. The fraction of sp³-hybridized carbons (Fsp3) is 0.533. The third kappa shape index (κ3) is 4.46. The van der Waals surface area contributed by atoms with Crippen molar-refractivity contribution in [2.75, 3.05) is 6.54 Å². The molecule has 3 nitrogen and oxygen atoms in total. The average Bonchev–Trinajstić information content (AvgIpc) is 2.90. The molecular weight excluding hydrogens is 281 g/mol. The summed E-state index contributed by atoms with van der Waals surface area (Å²) in [5, 5.41) is 5.98. The first kappa shape index (κ1) is 15.8. The number of rotatable bonds is 4. The van der Waals surface area contributed by atoms with Gasteiger partial charge in [0.2, 0.25) is 5.91 Å². The van der Waals surface area contributed by atoms with Gasteiger partial charge in [-0.05, 0) is 44.0 Å². The van der Waals surface area contributed by atoms with E-state index in [1.165, 1.54) is 6.07 Å². The van der Waals surface area contributed by atoms with Gasteiger partial charge in [0, 0.05) is 12.5 Å². The highest BCUT2D eigenvalue weighted by molar-refractivity contribution is 5.77. The minimum Gasteiger partial charge on any atom is -0.350 e. The zero-order chi connectivity index (χ0) is 15.5. The predicted octanol–water partition coefficient (Wildman–Crippen LogP) is 3.02. The zero-order valence-electron chi connectivity index (χ0n) is 11.8. The number of benzene rings is 1. The van der Waals surface area contributed by atoms with Gasteiger partial charge in [-0.1, -0.05) is 12.1 Å². The van der Waals surface area contributed by atoms with E-state index in [9.17, 15) is 18.0 Å². The van der Waals surface area contributed by atoms with E-state index in [0.29, 0.717) is 12.0 Å². The summed E-state index contributed by atoms with van der Waals surface area (Å²) in [5.74, 6) is -0.140. The van der Waals surface area contributed by atoms with E-state index >= 15 is 0 Å². The van der Waals surface area contributed by atoms with E-state index in [4.69, 9.17) is 0 Å². The van der Waals surface area contributed by atoms with Crippen molar-refractivity contribution in [2.24, 2.45) is 0 Å². The molecule has 116 valence electrons. The maximum absolute atomic E-state index is 12.7. The molecule has 1 heterocycles. The Bertz CT molecular complexity index is 496. The molecular formula is C15H19F3N2O. The second kappa shape index (κ2) is 6.47. The molecule has 2 N–H and O–H groups in total. The summed E-state index contributed by atoms with van der Waals surface area (Å²) in [5.41, 5.74) is -0.240. The lowest BCUT2D eigenvalue weighted by molar-refractivity contribution is -0.137. The van der Waals surface area contributed by atoms with Crippen molar-refractivity contribution >= 4 is 5.91 Å². The van der Waals surface area contributed by atoms with Gasteiger partial charge in [-0.3, -0.25) is 4.79 Å². The average molecular weight is 300 g/mol. The molecule has 1 aliphatic rings. The summed E-state index contributed by atoms with van der Waals surface area (Å²) < 4.78 is 38.0. The molecule has 1 fully saturated rings. The van der Waals surface area contributed by atoms with Crippen molar-refractivity contribution in [1.82, 2.24) is 10.6 Å². The van der Waals surface area contributed by atoms with Gasteiger partial charge in [-0.25, -0.2) is 0 Å². The van der Waals surface area contributed by atoms with Crippen molar-refractivity contribution in [3.05, 3.63) is 35.4 Å². The molecule has 0 aromatic heterocycles. The molecule has 1 aliphatic heterocycles. The minimum atomic E-state index is -4.37. The van der Waals surface area contributed by atoms with Crippen molar-refractivity contribution < 1.29 is 18.0 Å². The molecule has 6 heteroatoms. The molecule has 1 aromatic rings. The number of alkyl halides is 3. The standard InChI is InChI=1S/C15H19F3N2O/c1-10(20-14(21)9-13-6-3-7-19-13)11-4-2-5-12(8-11)15(16,17)18/h2,4-5,8,10,13,19H,3,6-7,9H2,1H3,(H,20,21). The molecule has 2 atom stereocenters. The van der Waals surface area contributed by atoms with E-state index in [-0.39, 0.29) is 11.9 Å². The lowest BCUT2D eigenvalue weighted by Crippen LogP contribution is -2.33. The number of nitrogens with one attached hydrogen (secondary N) is 2. The third-order valence-corrected chi connectivity index (χ3v) is 3.69. The van der Waals surface area contributed by atoms with Crippen molar-refractivity contribution in [3.8, 4) is 0 Å². The van der Waals surface area contributed by atoms with Crippen LogP contribution in [0.25, 0.3) is 0 Å². The van der Waals surface area contributed by atoms with Crippen LogP contribution in [-0.2, 0) is 11.0 Å². The first-order valence-electron chi connectivity index (χ1n) is 7.06. The first-order valence-corrected chi connectivity index (χ1v) is 7.06. The highest BCUT2D eigenvalue weighted by Crippen LogP contribution is 2.30. The summed E-state index contributed by atoms with van der Waals surface area (Å²) in [6, 6.07) is 4.80. The Kier molecular flexibility index (Phi) is 4.88. The Morgan fingerprint density at radius 3 is 2.86 bits per heavy atom. The summed E-state index contributed by atoms with van der Waals surface area (Å²) >= 11 is 0. The number of halogens is 3. The van der Waals surface area contributed by atoms with E-state index in [0.717, 1.165) is 31.5 Å².